The van der Waals surface area contributed by atoms with Gasteiger partial charge in [0.2, 0.25) is 0 Å². The zero-order valence-corrected chi connectivity index (χ0v) is 19.3. The number of amides is 1. The summed E-state index contributed by atoms with van der Waals surface area (Å²) in [6.07, 6.45) is -0.437. The first-order chi connectivity index (χ1) is 16.8. The molecule has 0 aromatic heterocycles. The van der Waals surface area contributed by atoms with E-state index in [0.717, 1.165) is 12.1 Å². The second kappa shape index (κ2) is 13.8. The second-order valence-corrected chi connectivity index (χ2v) is 7.18. The van der Waals surface area contributed by atoms with E-state index in [0.29, 0.717) is 23.0 Å². The Morgan fingerprint density at radius 1 is 1.17 bits per heavy atom. The Labute approximate surface area is 201 Å². The first-order valence-corrected chi connectivity index (χ1v) is 10.5. The average Bonchev–Trinajstić information content (AvgIpc) is 2.83. The van der Waals surface area contributed by atoms with Crippen LogP contribution in [0.15, 0.2) is 66.8 Å². The van der Waals surface area contributed by atoms with Crippen LogP contribution < -0.4 is 10.1 Å². The van der Waals surface area contributed by atoms with Gasteiger partial charge < -0.3 is 24.1 Å². The summed E-state index contributed by atoms with van der Waals surface area (Å²) in [5, 5.41) is 11.1. The molecule has 0 fully saturated rings. The maximum absolute atomic E-state index is 14.0. The molecule has 2 N–H and O–H groups in total. The number of aliphatic hydroxyl groups is 1. The maximum Gasteiger partial charge on any atom is 0.412 e. The lowest BCUT2D eigenvalue weighted by molar-refractivity contribution is -0.136. The third-order valence-corrected chi connectivity index (χ3v) is 4.64. The van der Waals surface area contributed by atoms with E-state index in [2.05, 4.69) is 11.9 Å². The highest BCUT2D eigenvalue weighted by atomic mass is 19.1. The molecular weight excluding hydrogens is 464 g/mol. The lowest BCUT2D eigenvalue weighted by atomic mass is 9.98. The molecular formula is C25H27F2NO7. The van der Waals surface area contributed by atoms with Gasteiger partial charge in [-0.05, 0) is 42.3 Å². The fraction of sp³-hybridized carbons (Fsp3) is 0.280. The molecule has 0 radical (unpaired) electrons. The predicted molar refractivity (Wildman–Crippen MR) is 124 cm³/mol. The SMILES string of the molecule is C=CCOC(=O)/C=C(\C)[C@@H](OC)[C@H](OC(=O)Nc1ccc(F)cc1F)c1ccc(OCCO)cc1. The first kappa shape index (κ1) is 27.5. The molecule has 0 aliphatic rings. The Morgan fingerprint density at radius 3 is 2.49 bits per heavy atom. The summed E-state index contributed by atoms with van der Waals surface area (Å²) in [4.78, 5) is 24.7. The van der Waals surface area contributed by atoms with Gasteiger partial charge in [-0.1, -0.05) is 24.8 Å². The molecule has 0 saturated carbocycles. The van der Waals surface area contributed by atoms with E-state index < -0.39 is 35.9 Å². The van der Waals surface area contributed by atoms with Gasteiger partial charge in [-0.2, -0.15) is 0 Å². The van der Waals surface area contributed by atoms with E-state index >= 15 is 0 Å². The Hall–Kier alpha value is -3.76. The minimum absolute atomic E-state index is 0.0150. The number of carbonyl (C=O) groups excluding carboxylic acids is 2. The molecule has 10 heteroatoms. The monoisotopic (exact) mass is 491 g/mol. The van der Waals surface area contributed by atoms with Crippen LogP contribution in [0.25, 0.3) is 0 Å². The van der Waals surface area contributed by atoms with Crippen LogP contribution in [0.5, 0.6) is 5.75 Å². The Balaban J connectivity index is 2.33. The Bertz CT molecular complexity index is 1040. The summed E-state index contributed by atoms with van der Waals surface area (Å²) in [6, 6.07) is 9.09. The molecule has 188 valence electrons. The molecule has 35 heavy (non-hydrogen) atoms. The van der Waals surface area contributed by atoms with Crippen LogP contribution in [0.4, 0.5) is 19.3 Å². The topological polar surface area (TPSA) is 103 Å². The molecule has 0 saturated heterocycles. The lowest BCUT2D eigenvalue weighted by Gasteiger charge is -2.27. The molecule has 2 aromatic rings. The molecule has 0 aliphatic heterocycles. The van der Waals surface area contributed by atoms with Crippen molar-refractivity contribution in [2.75, 3.05) is 32.2 Å². The van der Waals surface area contributed by atoms with Crippen molar-refractivity contribution in [3.8, 4) is 5.75 Å². The zero-order chi connectivity index (χ0) is 25.8. The van der Waals surface area contributed by atoms with Crippen molar-refractivity contribution in [3.63, 3.8) is 0 Å². The van der Waals surface area contributed by atoms with Crippen molar-refractivity contribution in [1.29, 1.82) is 0 Å². The summed E-state index contributed by atoms with van der Waals surface area (Å²) >= 11 is 0. The molecule has 0 spiro atoms. The molecule has 2 atom stereocenters. The highest BCUT2D eigenvalue weighted by Gasteiger charge is 2.29. The fourth-order valence-electron chi connectivity index (χ4n) is 3.07. The van der Waals surface area contributed by atoms with Crippen molar-refractivity contribution in [1.82, 2.24) is 0 Å². The zero-order valence-electron chi connectivity index (χ0n) is 19.3. The van der Waals surface area contributed by atoms with Crippen molar-refractivity contribution < 1.29 is 42.4 Å². The van der Waals surface area contributed by atoms with Crippen molar-refractivity contribution in [2.24, 2.45) is 0 Å². The smallest absolute Gasteiger partial charge is 0.412 e. The van der Waals surface area contributed by atoms with Gasteiger partial charge in [0.15, 0.2) is 6.10 Å². The van der Waals surface area contributed by atoms with Gasteiger partial charge in [0, 0.05) is 19.3 Å². The van der Waals surface area contributed by atoms with E-state index in [1.54, 1.807) is 31.2 Å². The normalized spacial score (nSPS) is 12.9. The minimum atomic E-state index is -1.08. The van der Waals surface area contributed by atoms with Crippen molar-refractivity contribution in [3.05, 3.63) is 84.0 Å². The first-order valence-electron chi connectivity index (χ1n) is 10.5. The standard InChI is InChI=1S/C25H27F2NO7/c1-4-12-34-22(30)14-16(2)23(32-3)24(17-5-8-19(9-6-17)33-13-11-29)35-25(31)28-21-10-7-18(26)15-20(21)27/h4-10,14-15,23-24,29H,1,11-13H2,2-3H3,(H,28,31)/b16-14+/t23-,24-/m1/s1. The third-order valence-electron chi connectivity index (χ3n) is 4.64. The van der Waals surface area contributed by atoms with Crippen LogP contribution in [0.1, 0.15) is 18.6 Å². The van der Waals surface area contributed by atoms with Gasteiger partial charge in [0.25, 0.3) is 0 Å². The number of aliphatic hydroxyl groups excluding tert-OH is 1. The number of halogens is 2. The van der Waals surface area contributed by atoms with Gasteiger partial charge in [0.05, 0.1) is 12.3 Å². The molecule has 0 bridgehead atoms. The highest BCUT2D eigenvalue weighted by molar-refractivity contribution is 5.85. The molecule has 2 aromatic carbocycles. The van der Waals surface area contributed by atoms with Crippen LogP contribution >= 0.6 is 0 Å². The third kappa shape index (κ3) is 8.51. The number of rotatable bonds is 12. The number of hydrogen-bond donors (Lipinski definition) is 2. The summed E-state index contributed by atoms with van der Waals surface area (Å²) in [5.74, 6) is -1.96. The number of benzene rings is 2. The molecule has 8 nitrogen and oxygen atoms in total. The van der Waals surface area contributed by atoms with E-state index in [4.69, 9.17) is 24.1 Å². The summed E-state index contributed by atoms with van der Waals surface area (Å²) < 4.78 is 48.5. The van der Waals surface area contributed by atoms with Gasteiger partial charge >= 0.3 is 12.1 Å². The number of carbonyl (C=O) groups is 2. The van der Waals surface area contributed by atoms with Gasteiger partial charge in [-0.3, -0.25) is 5.32 Å². The van der Waals surface area contributed by atoms with E-state index in [9.17, 15) is 18.4 Å². The number of hydrogen-bond acceptors (Lipinski definition) is 7. The average molecular weight is 491 g/mol. The largest absolute Gasteiger partial charge is 0.491 e. The number of ether oxygens (including phenoxy) is 4. The molecule has 0 aliphatic carbocycles. The number of methoxy groups -OCH3 is 1. The highest BCUT2D eigenvalue weighted by Crippen LogP contribution is 2.30. The molecule has 1 amide bonds. The summed E-state index contributed by atoms with van der Waals surface area (Å²) in [5.41, 5.74) is 0.570. The van der Waals surface area contributed by atoms with Crippen LogP contribution in [-0.4, -0.2) is 50.2 Å². The maximum atomic E-state index is 14.0. The van der Waals surface area contributed by atoms with Crippen molar-refractivity contribution in [2.45, 2.75) is 19.1 Å². The van der Waals surface area contributed by atoms with E-state index in [-0.39, 0.29) is 25.5 Å². The Morgan fingerprint density at radius 2 is 1.89 bits per heavy atom. The van der Waals surface area contributed by atoms with Crippen LogP contribution in [0.2, 0.25) is 0 Å². The minimum Gasteiger partial charge on any atom is -0.491 e. The van der Waals surface area contributed by atoms with Gasteiger partial charge in [-0.15, -0.1) is 0 Å². The van der Waals surface area contributed by atoms with E-state index in [1.165, 1.54) is 19.3 Å². The Kier molecular flexibility index (Phi) is 10.9. The fourth-order valence-corrected chi connectivity index (χ4v) is 3.07. The number of esters is 1. The van der Waals surface area contributed by atoms with Crippen LogP contribution in [0, 0.1) is 11.6 Å². The quantitative estimate of drug-likeness (QED) is 0.259. The second-order valence-electron chi connectivity index (χ2n) is 7.18. The lowest BCUT2D eigenvalue weighted by Crippen LogP contribution is -2.29. The number of anilines is 1. The van der Waals surface area contributed by atoms with Crippen LogP contribution in [0.3, 0.4) is 0 Å². The van der Waals surface area contributed by atoms with Crippen LogP contribution in [-0.2, 0) is 19.0 Å². The predicted octanol–water partition coefficient (Wildman–Crippen LogP) is 4.32. The van der Waals surface area contributed by atoms with Gasteiger partial charge in [0.1, 0.15) is 36.7 Å². The molecule has 0 unspecified atom stereocenters. The van der Waals surface area contributed by atoms with E-state index in [1.807, 2.05) is 0 Å². The number of nitrogens with one attached hydrogen (secondary N) is 1. The summed E-state index contributed by atoms with van der Waals surface area (Å²) in [7, 11) is 1.36. The molecule has 2 rings (SSSR count). The molecule has 0 heterocycles. The summed E-state index contributed by atoms with van der Waals surface area (Å²) in [6.45, 7) is 5.02. The van der Waals surface area contributed by atoms with Crippen molar-refractivity contribution >= 4 is 17.7 Å². The van der Waals surface area contributed by atoms with Gasteiger partial charge in [-0.25, -0.2) is 18.4 Å².